The molecule has 3 N–H and O–H groups in total. The van der Waals surface area contributed by atoms with Gasteiger partial charge >= 0.3 is 0 Å². The average molecular weight is 292 g/mol. The number of hydrazine groups is 1. The highest BCUT2D eigenvalue weighted by Crippen LogP contribution is 2.40. The van der Waals surface area contributed by atoms with Crippen molar-refractivity contribution >= 4 is 5.82 Å². The second-order valence-corrected chi connectivity index (χ2v) is 6.04. The molecule has 2 fully saturated rings. The van der Waals surface area contributed by atoms with Gasteiger partial charge in [0.25, 0.3) is 0 Å². The number of aromatic nitrogens is 2. The van der Waals surface area contributed by atoms with Crippen molar-refractivity contribution in [3.63, 3.8) is 0 Å². The van der Waals surface area contributed by atoms with Crippen LogP contribution in [0.2, 0.25) is 0 Å². The average Bonchev–Trinajstić information content (AvgIpc) is 3.34. The second-order valence-electron chi connectivity index (χ2n) is 6.04. The van der Waals surface area contributed by atoms with Crippen LogP contribution in [0.5, 0.6) is 5.88 Å². The molecule has 2 saturated carbocycles. The molecule has 1 aromatic rings. The highest BCUT2D eigenvalue weighted by Gasteiger charge is 2.30. The fraction of sp³-hybridized carbons (Fsp3) is 0.733. The molecule has 0 bridgehead atoms. The zero-order valence-electron chi connectivity index (χ0n) is 12.8. The highest BCUT2D eigenvalue weighted by molar-refractivity contribution is 5.48. The lowest BCUT2D eigenvalue weighted by molar-refractivity contribution is 0.0192. The van der Waals surface area contributed by atoms with Gasteiger partial charge in [-0.3, -0.25) is 0 Å². The van der Waals surface area contributed by atoms with Crippen LogP contribution in [-0.2, 0) is 4.74 Å². The maximum absolute atomic E-state index is 6.15. The van der Waals surface area contributed by atoms with Crippen LogP contribution in [0.25, 0.3) is 0 Å². The van der Waals surface area contributed by atoms with Gasteiger partial charge in [-0.05, 0) is 39.0 Å². The molecule has 0 aliphatic heterocycles. The topological polar surface area (TPSA) is 82.3 Å². The van der Waals surface area contributed by atoms with Crippen molar-refractivity contribution in [1.82, 2.24) is 9.97 Å². The summed E-state index contributed by atoms with van der Waals surface area (Å²) in [6.45, 7) is 1.94. The summed E-state index contributed by atoms with van der Waals surface area (Å²) in [6.07, 6.45) is 6.98. The van der Waals surface area contributed by atoms with E-state index in [0.29, 0.717) is 23.7 Å². The van der Waals surface area contributed by atoms with Gasteiger partial charge in [-0.25, -0.2) is 10.8 Å². The number of anilines is 1. The van der Waals surface area contributed by atoms with E-state index in [2.05, 4.69) is 15.4 Å². The van der Waals surface area contributed by atoms with Crippen LogP contribution in [0, 0.1) is 6.92 Å². The summed E-state index contributed by atoms with van der Waals surface area (Å²) < 4.78 is 11.6. The number of nitrogens with zero attached hydrogens (tertiary/aromatic N) is 2. The maximum Gasteiger partial charge on any atom is 0.222 e. The summed E-state index contributed by atoms with van der Waals surface area (Å²) in [4.78, 5) is 9.10. The van der Waals surface area contributed by atoms with Crippen LogP contribution in [0.15, 0.2) is 0 Å². The molecular weight excluding hydrogens is 268 g/mol. The summed E-state index contributed by atoms with van der Waals surface area (Å²) in [6, 6.07) is 0. The first-order chi connectivity index (χ1) is 10.2. The zero-order chi connectivity index (χ0) is 14.8. The molecule has 1 aromatic heterocycles. The third-order valence-electron chi connectivity index (χ3n) is 4.39. The summed E-state index contributed by atoms with van der Waals surface area (Å²) in [5.41, 5.74) is 3.54. The lowest BCUT2D eigenvalue weighted by Crippen LogP contribution is -2.30. The predicted octanol–water partition coefficient (Wildman–Crippen LogP) is 2.28. The second kappa shape index (κ2) is 6.15. The lowest BCUT2D eigenvalue weighted by Gasteiger charge is -2.29. The molecule has 3 rings (SSSR count). The van der Waals surface area contributed by atoms with E-state index in [1.807, 2.05) is 6.92 Å². The van der Waals surface area contributed by atoms with Gasteiger partial charge in [0.05, 0.1) is 11.7 Å². The Balaban J connectivity index is 1.78. The number of ether oxygens (including phenoxy) is 2. The first kappa shape index (κ1) is 14.5. The zero-order valence-corrected chi connectivity index (χ0v) is 12.8. The molecule has 6 nitrogen and oxygen atoms in total. The standard InChI is InChI=1S/C15H24N4O2/c1-9-13(19-16)17-14(10-6-7-10)18-15(9)21-12-5-3-4-11(8-12)20-2/h10-12H,3-8,16H2,1-2H3,(H,17,18,19). The molecule has 6 heteroatoms. The van der Waals surface area contributed by atoms with Crippen molar-refractivity contribution in [2.24, 2.45) is 5.84 Å². The quantitative estimate of drug-likeness (QED) is 0.640. The summed E-state index contributed by atoms with van der Waals surface area (Å²) in [5, 5.41) is 0. The molecule has 2 unspecified atom stereocenters. The molecule has 2 aliphatic rings. The Bertz CT molecular complexity index is 505. The van der Waals surface area contributed by atoms with Crippen molar-refractivity contribution in [2.45, 2.75) is 63.6 Å². The number of nitrogens with two attached hydrogens (primary N) is 1. The smallest absolute Gasteiger partial charge is 0.222 e. The molecule has 0 amide bonds. The van der Waals surface area contributed by atoms with Crippen LogP contribution >= 0.6 is 0 Å². The van der Waals surface area contributed by atoms with Gasteiger partial charge in [0.15, 0.2) is 0 Å². The van der Waals surface area contributed by atoms with Gasteiger partial charge in [-0.15, -0.1) is 0 Å². The maximum atomic E-state index is 6.15. The monoisotopic (exact) mass is 292 g/mol. The van der Waals surface area contributed by atoms with E-state index in [4.69, 9.17) is 15.3 Å². The molecule has 0 spiro atoms. The van der Waals surface area contributed by atoms with E-state index >= 15 is 0 Å². The van der Waals surface area contributed by atoms with Crippen molar-refractivity contribution < 1.29 is 9.47 Å². The minimum atomic E-state index is 0.162. The van der Waals surface area contributed by atoms with Gasteiger partial charge in [0.1, 0.15) is 17.7 Å². The Morgan fingerprint density at radius 2 is 1.90 bits per heavy atom. The van der Waals surface area contributed by atoms with E-state index in [-0.39, 0.29) is 6.10 Å². The Kier molecular flexibility index (Phi) is 4.26. The molecule has 2 aliphatic carbocycles. The van der Waals surface area contributed by atoms with Crippen molar-refractivity contribution in [1.29, 1.82) is 0 Å². The number of rotatable bonds is 5. The molecule has 0 saturated heterocycles. The van der Waals surface area contributed by atoms with Gasteiger partial charge in [0, 0.05) is 19.4 Å². The lowest BCUT2D eigenvalue weighted by atomic mass is 9.95. The molecule has 116 valence electrons. The summed E-state index contributed by atoms with van der Waals surface area (Å²) >= 11 is 0. The molecule has 1 heterocycles. The van der Waals surface area contributed by atoms with Crippen LogP contribution < -0.4 is 16.0 Å². The van der Waals surface area contributed by atoms with Crippen LogP contribution in [0.1, 0.15) is 55.8 Å². The highest BCUT2D eigenvalue weighted by atomic mass is 16.5. The van der Waals surface area contributed by atoms with Crippen molar-refractivity contribution in [3.8, 4) is 5.88 Å². The Hall–Kier alpha value is -1.40. The van der Waals surface area contributed by atoms with Gasteiger partial charge < -0.3 is 14.9 Å². The fourth-order valence-electron chi connectivity index (χ4n) is 2.87. The minimum Gasteiger partial charge on any atom is -0.474 e. The predicted molar refractivity (Wildman–Crippen MR) is 80.2 cm³/mol. The summed E-state index contributed by atoms with van der Waals surface area (Å²) in [5.74, 6) is 8.23. The van der Waals surface area contributed by atoms with E-state index in [1.54, 1.807) is 7.11 Å². The molecule has 0 aromatic carbocycles. The number of nitrogen functional groups attached to an aromatic ring is 1. The number of hydrogen-bond donors (Lipinski definition) is 2. The molecular formula is C15H24N4O2. The summed E-state index contributed by atoms with van der Waals surface area (Å²) in [7, 11) is 1.77. The first-order valence-corrected chi connectivity index (χ1v) is 7.76. The number of hydrogen-bond acceptors (Lipinski definition) is 6. The van der Waals surface area contributed by atoms with E-state index < -0.39 is 0 Å². The first-order valence-electron chi connectivity index (χ1n) is 7.76. The molecule has 21 heavy (non-hydrogen) atoms. The number of methoxy groups -OCH3 is 1. The Morgan fingerprint density at radius 1 is 1.14 bits per heavy atom. The van der Waals surface area contributed by atoms with E-state index in [1.165, 1.54) is 0 Å². The minimum absolute atomic E-state index is 0.162. The molecule has 0 radical (unpaired) electrons. The van der Waals surface area contributed by atoms with Gasteiger partial charge in [-0.1, -0.05) is 0 Å². The van der Waals surface area contributed by atoms with Crippen LogP contribution in [0.4, 0.5) is 5.82 Å². The number of nitrogens with one attached hydrogen (secondary N) is 1. The van der Waals surface area contributed by atoms with E-state index in [9.17, 15) is 0 Å². The normalized spacial score (nSPS) is 25.7. The van der Waals surface area contributed by atoms with Crippen LogP contribution in [0.3, 0.4) is 0 Å². The van der Waals surface area contributed by atoms with Gasteiger partial charge in [-0.2, -0.15) is 4.98 Å². The SMILES string of the molecule is COC1CCCC(Oc2nc(C3CC3)nc(NN)c2C)C1. The van der Waals surface area contributed by atoms with Gasteiger partial charge in [0.2, 0.25) is 5.88 Å². The van der Waals surface area contributed by atoms with Crippen molar-refractivity contribution in [2.75, 3.05) is 12.5 Å². The Morgan fingerprint density at radius 3 is 2.57 bits per heavy atom. The Labute approximate surface area is 125 Å². The third-order valence-corrected chi connectivity index (χ3v) is 4.39. The van der Waals surface area contributed by atoms with Crippen LogP contribution in [-0.4, -0.2) is 29.3 Å². The fourth-order valence-corrected chi connectivity index (χ4v) is 2.87. The molecule has 2 atom stereocenters. The largest absolute Gasteiger partial charge is 0.474 e. The van der Waals surface area contributed by atoms with E-state index in [0.717, 1.165) is 49.9 Å². The third kappa shape index (κ3) is 3.27. The van der Waals surface area contributed by atoms with Crippen molar-refractivity contribution in [3.05, 3.63) is 11.4 Å².